The molecule has 2 nitrogen and oxygen atoms in total. The summed E-state index contributed by atoms with van der Waals surface area (Å²) >= 11 is 6.20. The highest BCUT2D eigenvalue weighted by molar-refractivity contribution is 6.32. The van der Waals surface area contributed by atoms with Crippen LogP contribution in [0.1, 0.15) is 15.9 Å². The molecular formula is C28H19ClF2O2. The van der Waals surface area contributed by atoms with E-state index < -0.39 is 0 Å². The van der Waals surface area contributed by atoms with E-state index in [0.29, 0.717) is 33.0 Å². The van der Waals surface area contributed by atoms with Gasteiger partial charge in [0.05, 0.1) is 12.7 Å². The summed E-state index contributed by atoms with van der Waals surface area (Å²) in [5.41, 5.74) is 3.74. The van der Waals surface area contributed by atoms with E-state index in [4.69, 9.17) is 16.3 Å². The van der Waals surface area contributed by atoms with Crippen molar-refractivity contribution < 1.29 is 18.3 Å². The van der Waals surface area contributed by atoms with Gasteiger partial charge in [-0.3, -0.25) is 4.79 Å². The van der Waals surface area contributed by atoms with Crippen LogP contribution in [0.25, 0.3) is 28.3 Å². The second-order valence-electron chi connectivity index (χ2n) is 7.33. The minimum Gasteiger partial charge on any atom is -0.496 e. The first-order chi connectivity index (χ1) is 16.0. The van der Waals surface area contributed by atoms with Crippen LogP contribution in [0.5, 0.6) is 5.75 Å². The van der Waals surface area contributed by atoms with Crippen molar-refractivity contribution in [3.8, 4) is 28.0 Å². The predicted molar refractivity (Wildman–Crippen MR) is 129 cm³/mol. The van der Waals surface area contributed by atoms with Crippen LogP contribution in [0.2, 0.25) is 5.02 Å². The van der Waals surface area contributed by atoms with Gasteiger partial charge in [-0.05, 0) is 82.4 Å². The Kier molecular flexibility index (Phi) is 6.66. The Hall–Kier alpha value is -3.76. The average molecular weight is 461 g/mol. The van der Waals surface area contributed by atoms with E-state index in [0.717, 1.165) is 11.1 Å². The van der Waals surface area contributed by atoms with Crippen molar-refractivity contribution in [3.63, 3.8) is 0 Å². The normalized spacial score (nSPS) is 11.0. The van der Waals surface area contributed by atoms with Crippen LogP contribution in [-0.2, 0) is 0 Å². The lowest BCUT2D eigenvalue weighted by atomic mass is 9.91. The van der Waals surface area contributed by atoms with Crippen LogP contribution in [0, 0.1) is 11.6 Å². The topological polar surface area (TPSA) is 26.3 Å². The third kappa shape index (κ3) is 5.02. The SMILES string of the molecule is COc1cc(-c2ccc(F)cc2)cc(-c2ccc(F)cc2)c1C(=O)/C=C/c1ccccc1Cl. The molecule has 0 bridgehead atoms. The summed E-state index contributed by atoms with van der Waals surface area (Å²) in [5.74, 6) is -0.672. The third-order valence-corrected chi connectivity index (χ3v) is 5.56. The molecule has 4 aromatic rings. The molecule has 0 saturated carbocycles. The third-order valence-electron chi connectivity index (χ3n) is 5.22. The number of methoxy groups -OCH3 is 1. The number of ether oxygens (including phenoxy) is 1. The highest BCUT2D eigenvalue weighted by Crippen LogP contribution is 2.37. The summed E-state index contributed by atoms with van der Waals surface area (Å²) in [5, 5.41) is 0.527. The maximum absolute atomic E-state index is 13.6. The molecule has 5 heteroatoms. The van der Waals surface area contributed by atoms with E-state index in [-0.39, 0.29) is 17.4 Å². The molecular weight excluding hydrogens is 442 g/mol. The fourth-order valence-electron chi connectivity index (χ4n) is 3.56. The molecule has 0 aromatic heterocycles. The minimum absolute atomic E-state index is 0.295. The van der Waals surface area contributed by atoms with E-state index in [1.54, 1.807) is 42.5 Å². The molecule has 0 aliphatic carbocycles. The van der Waals surface area contributed by atoms with Crippen LogP contribution in [0.3, 0.4) is 0 Å². The molecule has 0 amide bonds. The number of carbonyl (C=O) groups excluding carboxylic acids is 1. The Bertz CT molecular complexity index is 1330. The molecule has 33 heavy (non-hydrogen) atoms. The minimum atomic E-state index is -0.383. The van der Waals surface area contributed by atoms with Gasteiger partial charge >= 0.3 is 0 Å². The van der Waals surface area contributed by atoms with Crippen molar-refractivity contribution in [2.45, 2.75) is 0 Å². The molecule has 0 unspecified atom stereocenters. The monoisotopic (exact) mass is 460 g/mol. The Labute approximate surface area is 195 Å². The number of ketones is 1. The lowest BCUT2D eigenvalue weighted by Crippen LogP contribution is -2.03. The van der Waals surface area contributed by atoms with E-state index in [9.17, 15) is 13.6 Å². The van der Waals surface area contributed by atoms with Crippen LogP contribution in [0.15, 0.2) is 91.0 Å². The second kappa shape index (κ2) is 9.80. The molecule has 4 aromatic carbocycles. The number of allylic oxidation sites excluding steroid dienone is 1. The van der Waals surface area contributed by atoms with Gasteiger partial charge in [0.2, 0.25) is 0 Å². The zero-order valence-electron chi connectivity index (χ0n) is 17.7. The molecule has 4 rings (SSSR count). The number of benzene rings is 4. The Morgan fingerprint density at radius 1 is 0.818 bits per heavy atom. The first-order valence-corrected chi connectivity index (χ1v) is 10.5. The molecule has 0 heterocycles. The van der Waals surface area contributed by atoms with Gasteiger partial charge in [0, 0.05) is 5.02 Å². The quantitative estimate of drug-likeness (QED) is 0.216. The zero-order valence-corrected chi connectivity index (χ0v) is 18.4. The Balaban J connectivity index is 1.87. The van der Waals surface area contributed by atoms with Crippen LogP contribution >= 0.6 is 11.6 Å². The van der Waals surface area contributed by atoms with E-state index >= 15 is 0 Å². The van der Waals surface area contributed by atoms with Crippen molar-refractivity contribution in [3.05, 3.63) is 119 Å². The molecule has 0 spiro atoms. The summed E-state index contributed by atoms with van der Waals surface area (Å²) in [4.78, 5) is 13.3. The zero-order chi connectivity index (χ0) is 23.4. The van der Waals surface area contributed by atoms with Crippen LogP contribution in [0.4, 0.5) is 8.78 Å². The maximum atomic E-state index is 13.6. The van der Waals surface area contributed by atoms with Gasteiger partial charge in [-0.15, -0.1) is 0 Å². The van der Waals surface area contributed by atoms with Gasteiger partial charge in [-0.1, -0.05) is 54.1 Å². The molecule has 0 aliphatic heterocycles. The lowest BCUT2D eigenvalue weighted by Gasteiger charge is -2.15. The number of carbonyl (C=O) groups is 1. The van der Waals surface area contributed by atoms with Gasteiger partial charge in [-0.2, -0.15) is 0 Å². The molecule has 0 atom stereocenters. The van der Waals surface area contributed by atoms with E-state index in [1.165, 1.54) is 37.5 Å². The number of rotatable bonds is 6. The first kappa shape index (κ1) is 22.4. The standard InChI is InChI=1S/C28H19ClF2O2/c1-33-27-17-21(18-6-11-22(30)12-7-18)16-24(19-8-13-23(31)14-9-19)28(27)26(32)15-10-20-4-2-3-5-25(20)29/h2-17H,1H3/b15-10+. The Morgan fingerprint density at radius 2 is 1.42 bits per heavy atom. The molecule has 0 radical (unpaired) electrons. The van der Waals surface area contributed by atoms with Crippen molar-refractivity contribution >= 4 is 23.5 Å². The summed E-state index contributed by atoms with van der Waals surface area (Å²) in [6.45, 7) is 0. The largest absolute Gasteiger partial charge is 0.496 e. The lowest BCUT2D eigenvalue weighted by molar-refractivity contribution is 0.104. The average Bonchev–Trinajstić information content (AvgIpc) is 2.83. The van der Waals surface area contributed by atoms with Crippen LogP contribution in [-0.4, -0.2) is 12.9 Å². The predicted octanol–water partition coefficient (Wildman–Crippen LogP) is 7.86. The number of hydrogen-bond donors (Lipinski definition) is 0. The van der Waals surface area contributed by atoms with E-state index in [2.05, 4.69) is 0 Å². The van der Waals surface area contributed by atoms with Gasteiger partial charge in [-0.25, -0.2) is 8.78 Å². The molecule has 164 valence electrons. The van der Waals surface area contributed by atoms with E-state index in [1.807, 2.05) is 24.3 Å². The van der Waals surface area contributed by atoms with Gasteiger partial charge in [0.1, 0.15) is 17.4 Å². The highest BCUT2D eigenvalue weighted by Gasteiger charge is 2.19. The van der Waals surface area contributed by atoms with Crippen molar-refractivity contribution in [2.24, 2.45) is 0 Å². The highest BCUT2D eigenvalue weighted by atomic mass is 35.5. The molecule has 0 N–H and O–H groups in total. The first-order valence-electron chi connectivity index (χ1n) is 10.2. The number of hydrogen-bond acceptors (Lipinski definition) is 2. The summed E-state index contributed by atoms with van der Waals surface area (Å²) < 4.78 is 32.6. The fourth-order valence-corrected chi connectivity index (χ4v) is 3.75. The number of halogens is 3. The summed E-state index contributed by atoms with van der Waals surface area (Å²) in [6, 6.07) is 22.7. The molecule has 0 saturated heterocycles. The fraction of sp³-hybridized carbons (Fsp3) is 0.0357. The molecule has 0 aliphatic rings. The smallest absolute Gasteiger partial charge is 0.190 e. The molecule has 0 fully saturated rings. The van der Waals surface area contributed by atoms with Gasteiger partial charge in [0.15, 0.2) is 5.78 Å². The summed E-state index contributed by atoms with van der Waals surface area (Å²) in [6.07, 6.45) is 3.08. The second-order valence-corrected chi connectivity index (χ2v) is 7.74. The van der Waals surface area contributed by atoms with Crippen molar-refractivity contribution in [2.75, 3.05) is 7.11 Å². The van der Waals surface area contributed by atoms with Crippen molar-refractivity contribution in [1.82, 2.24) is 0 Å². The van der Waals surface area contributed by atoms with Crippen molar-refractivity contribution in [1.29, 1.82) is 0 Å². The van der Waals surface area contributed by atoms with Gasteiger partial charge in [0.25, 0.3) is 0 Å². The maximum Gasteiger partial charge on any atom is 0.190 e. The van der Waals surface area contributed by atoms with Crippen LogP contribution < -0.4 is 4.74 Å². The summed E-state index contributed by atoms with van der Waals surface area (Å²) in [7, 11) is 1.48. The van der Waals surface area contributed by atoms with Gasteiger partial charge < -0.3 is 4.74 Å². The Morgan fingerprint density at radius 3 is 2.03 bits per heavy atom.